The molecular formula is C29H32Cl3N3O4S. The van der Waals surface area contributed by atoms with Crippen LogP contribution in [0.25, 0.3) is 0 Å². The maximum Gasteiger partial charge on any atom is 0.244 e. The fourth-order valence-electron chi connectivity index (χ4n) is 4.24. The van der Waals surface area contributed by atoms with Gasteiger partial charge in [-0.05, 0) is 44.0 Å². The molecule has 0 aromatic heterocycles. The predicted molar refractivity (Wildman–Crippen MR) is 163 cm³/mol. The van der Waals surface area contributed by atoms with E-state index in [9.17, 15) is 18.0 Å². The van der Waals surface area contributed by atoms with Crippen LogP contribution in [0.2, 0.25) is 15.1 Å². The topological polar surface area (TPSA) is 86.8 Å². The quantitative estimate of drug-likeness (QED) is 0.270. The number of nitrogens with zero attached hydrogens (tertiary/aromatic N) is 2. The van der Waals surface area contributed by atoms with Gasteiger partial charge in [0.25, 0.3) is 0 Å². The van der Waals surface area contributed by atoms with Gasteiger partial charge in [0.2, 0.25) is 21.8 Å². The Kier molecular flexibility index (Phi) is 10.9. The average Bonchev–Trinajstić information content (AvgIpc) is 2.86. The number of halogens is 3. The molecular weight excluding hydrogens is 593 g/mol. The lowest BCUT2D eigenvalue weighted by Crippen LogP contribution is -2.54. The Morgan fingerprint density at radius 2 is 1.50 bits per heavy atom. The number of carbonyl (C=O) groups excluding carboxylic acids is 2. The van der Waals surface area contributed by atoms with Crippen LogP contribution < -0.4 is 9.62 Å². The van der Waals surface area contributed by atoms with Crippen LogP contribution in [0.15, 0.2) is 66.7 Å². The summed E-state index contributed by atoms with van der Waals surface area (Å²) in [7, 11) is -4.00. The van der Waals surface area contributed by atoms with Crippen molar-refractivity contribution in [1.29, 1.82) is 0 Å². The van der Waals surface area contributed by atoms with Crippen LogP contribution in [0, 0.1) is 6.92 Å². The van der Waals surface area contributed by atoms with Crippen LogP contribution in [0.3, 0.4) is 0 Å². The molecule has 40 heavy (non-hydrogen) atoms. The molecule has 0 fully saturated rings. The van der Waals surface area contributed by atoms with E-state index in [1.54, 1.807) is 0 Å². The number of anilines is 1. The van der Waals surface area contributed by atoms with E-state index < -0.39 is 28.5 Å². The first kappa shape index (κ1) is 31.7. The van der Waals surface area contributed by atoms with E-state index in [-0.39, 0.29) is 45.7 Å². The van der Waals surface area contributed by atoms with E-state index in [2.05, 4.69) is 5.32 Å². The summed E-state index contributed by atoms with van der Waals surface area (Å²) in [5.74, 6) is -0.938. The van der Waals surface area contributed by atoms with Crippen molar-refractivity contribution in [2.75, 3.05) is 17.1 Å². The molecule has 0 bridgehead atoms. The van der Waals surface area contributed by atoms with Crippen LogP contribution in [-0.2, 0) is 32.6 Å². The Morgan fingerprint density at radius 3 is 2.10 bits per heavy atom. The molecule has 1 unspecified atom stereocenters. The largest absolute Gasteiger partial charge is 0.352 e. The van der Waals surface area contributed by atoms with Crippen molar-refractivity contribution in [3.8, 4) is 0 Å². The summed E-state index contributed by atoms with van der Waals surface area (Å²) in [6, 6.07) is 18.4. The second-order valence-electron chi connectivity index (χ2n) is 9.87. The SMILES string of the molecule is Cc1cccc(CN(C(=O)CN(c2cc(Cl)c(Cl)cc2Cl)S(C)(=O)=O)C(Cc2ccccc2)C(=O)NC(C)C)c1. The van der Waals surface area contributed by atoms with E-state index in [0.717, 1.165) is 27.3 Å². The number of hydrogen-bond acceptors (Lipinski definition) is 4. The maximum absolute atomic E-state index is 14.1. The van der Waals surface area contributed by atoms with Crippen LogP contribution in [0.5, 0.6) is 0 Å². The molecule has 0 aliphatic rings. The zero-order chi connectivity index (χ0) is 29.6. The summed E-state index contributed by atoms with van der Waals surface area (Å²) >= 11 is 18.6. The number of rotatable bonds is 11. The Balaban J connectivity index is 2.10. The molecule has 0 saturated heterocycles. The number of nitrogens with one attached hydrogen (secondary N) is 1. The molecule has 0 saturated carbocycles. The molecule has 3 aromatic carbocycles. The summed E-state index contributed by atoms with van der Waals surface area (Å²) < 4.78 is 26.7. The van der Waals surface area contributed by atoms with E-state index in [0.29, 0.717) is 0 Å². The third kappa shape index (κ3) is 8.61. The Hall–Kier alpha value is -2.78. The lowest BCUT2D eigenvalue weighted by molar-refractivity contribution is -0.140. The smallest absolute Gasteiger partial charge is 0.244 e. The monoisotopic (exact) mass is 623 g/mol. The van der Waals surface area contributed by atoms with E-state index >= 15 is 0 Å². The Labute approximate surface area is 251 Å². The van der Waals surface area contributed by atoms with Gasteiger partial charge in [-0.25, -0.2) is 8.42 Å². The first-order valence-corrected chi connectivity index (χ1v) is 15.6. The van der Waals surface area contributed by atoms with Gasteiger partial charge in [0.05, 0.1) is 27.0 Å². The average molecular weight is 625 g/mol. The van der Waals surface area contributed by atoms with Crippen molar-refractivity contribution in [2.45, 2.75) is 45.8 Å². The highest BCUT2D eigenvalue weighted by molar-refractivity contribution is 7.92. The van der Waals surface area contributed by atoms with Crippen molar-refractivity contribution in [1.82, 2.24) is 10.2 Å². The van der Waals surface area contributed by atoms with Gasteiger partial charge in [0.1, 0.15) is 12.6 Å². The second kappa shape index (κ2) is 13.7. The van der Waals surface area contributed by atoms with Crippen LogP contribution in [0.4, 0.5) is 5.69 Å². The van der Waals surface area contributed by atoms with Gasteiger partial charge in [0, 0.05) is 19.0 Å². The summed E-state index contributed by atoms with van der Waals surface area (Å²) in [5, 5.41) is 3.15. The Bertz CT molecular complexity index is 1470. The molecule has 1 atom stereocenters. The van der Waals surface area contributed by atoms with Gasteiger partial charge in [-0.3, -0.25) is 13.9 Å². The van der Waals surface area contributed by atoms with Crippen molar-refractivity contribution in [3.05, 3.63) is 98.5 Å². The number of benzene rings is 3. The highest BCUT2D eigenvalue weighted by atomic mass is 35.5. The minimum atomic E-state index is -4.00. The lowest BCUT2D eigenvalue weighted by atomic mass is 10.0. The Morgan fingerprint density at radius 1 is 0.875 bits per heavy atom. The van der Waals surface area contributed by atoms with Gasteiger partial charge in [-0.2, -0.15) is 0 Å². The summed E-state index contributed by atoms with van der Waals surface area (Å²) in [6.45, 7) is 5.07. The van der Waals surface area contributed by atoms with Gasteiger partial charge in [0.15, 0.2) is 0 Å². The van der Waals surface area contributed by atoms with Crippen LogP contribution in [0.1, 0.15) is 30.5 Å². The normalized spacial score (nSPS) is 12.2. The molecule has 3 aromatic rings. The minimum Gasteiger partial charge on any atom is -0.352 e. The molecule has 0 radical (unpaired) electrons. The van der Waals surface area contributed by atoms with Crippen molar-refractivity contribution >= 4 is 62.3 Å². The predicted octanol–water partition coefficient (Wildman–Crippen LogP) is 5.89. The molecule has 0 aliphatic heterocycles. The first-order chi connectivity index (χ1) is 18.8. The minimum absolute atomic E-state index is 0.00802. The van der Waals surface area contributed by atoms with Crippen LogP contribution in [-0.4, -0.2) is 50.0 Å². The molecule has 0 heterocycles. The van der Waals surface area contributed by atoms with Crippen molar-refractivity contribution in [2.24, 2.45) is 0 Å². The van der Waals surface area contributed by atoms with E-state index in [1.807, 2.05) is 75.4 Å². The number of hydrogen-bond donors (Lipinski definition) is 1. The maximum atomic E-state index is 14.1. The molecule has 0 spiro atoms. The van der Waals surface area contributed by atoms with Gasteiger partial charge in [-0.1, -0.05) is 95.0 Å². The number of amides is 2. The second-order valence-corrected chi connectivity index (χ2v) is 13.0. The molecule has 3 rings (SSSR count). The summed E-state index contributed by atoms with van der Waals surface area (Å²) in [5.41, 5.74) is 2.63. The van der Waals surface area contributed by atoms with Crippen LogP contribution >= 0.6 is 34.8 Å². The summed E-state index contributed by atoms with van der Waals surface area (Å²) in [4.78, 5) is 29.1. The standard InChI is InChI=1S/C29H32Cl3N3O4S/c1-19(2)33-29(37)27(14-21-10-6-5-7-11-21)34(17-22-12-8-9-20(3)13-22)28(36)18-35(40(4,38)39)26-16-24(31)23(30)15-25(26)32/h5-13,15-16,19,27H,14,17-18H2,1-4H3,(H,33,37). The molecule has 1 N–H and O–H groups in total. The van der Waals surface area contributed by atoms with E-state index in [1.165, 1.54) is 17.0 Å². The third-order valence-electron chi connectivity index (χ3n) is 6.08. The molecule has 0 aliphatic carbocycles. The number of sulfonamides is 1. The number of carbonyl (C=O) groups is 2. The molecule has 2 amide bonds. The third-order valence-corrected chi connectivity index (χ3v) is 8.23. The first-order valence-electron chi connectivity index (χ1n) is 12.6. The van der Waals surface area contributed by atoms with Gasteiger partial charge in [-0.15, -0.1) is 0 Å². The fraction of sp³-hybridized carbons (Fsp3) is 0.310. The van der Waals surface area contributed by atoms with Crippen molar-refractivity contribution in [3.63, 3.8) is 0 Å². The summed E-state index contributed by atoms with van der Waals surface area (Å²) in [6.07, 6.45) is 1.19. The van der Waals surface area contributed by atoms with Gasteiger partial charge >= 0.3 is 0 Å². The number of aryl methyl sites for hydroxylation is 1. The molecule has 11 heteroatoms. The molecule has 214 valence electrons. The zero-order valence-electron chi connectivity index (χ0n) is 22.7. The highest BCUT2D eigenvalue weighted by Crippen LogP contribution is 2.35. The zero-order valence-corrected chi connectivity index (χ0v) is 25.8. The highest BCUT2D eigenvalue weighted by Gasteiger charge is 2.34. The lowest BCUT2D eigenvalue weighted by Gasteiger charge is -2.34. The van der Waals surface area contributed by atoms with Crippen molar-refractivity contribution < 1.29 is 18.0 Å². The fourth-order valence-corrected chi connectivity index (χ4v) is 5.79. The molecule has 7 nitrogen and oxygen atoms in total. The van der Waals surface area contributed by atoms with Gasteiger partial charge < -0.3 is 10.2 Å². The van der Waals surface area contributed by atoms with E-state index in [4.69, 9.17) is 34.8 Å².